The third-order valence-corrected chi connectivity index (χ3v) is 4.56. The lowest BCUT2D eigenvalue weighted by Crippen LogP contribution is -2.31. The van der Waals surface area contributed by atoms with Gasteiger partial charge in [-0.2, -0.15) is 0 Å². The molecule has 2 rings (SSSR count). The van der Waals surface area contributed by atoms with Crippen molar-refractivity contribution in [2.75, 3.05) is 13.2 Å². The topological polar surface area (TPSA) is 50.7 Å². The maximum absolute atomic E-state index is 13.0. The van der Waals surface area contributed by atoms with Crippen LogP contribution in [0.4, 0.5) is 4.39 Å². The monoisotopic (exact) mass is 461 g/mol. The lowest BCUT2D eigenvalue weighted by Gasteiger charge is -2.18. The van der Waals surface area contributed by atoms with Crippen molar-refractivity contribution in [3.8, 4) is 11.5 Å². The van der Waals surface area contributed by atoms with Crippen LogP contribution in [0.25, 0.3) is 0 Å². The Hall–Kier alpha value is -1.34. The van der Waals surface area contributed by atoms with E-state index in [4.69, 9.17) is 9.47 Å². The van der Waals surface area contributed by atoms with Gasteiger partial charge in [-0.3, -0.25) is 0 Å². The first-order chi connectivity index (χ1) is 12.6. The lowest BCUT2D eigenvalue weighted by molar-refractivity contribution is 0.238. The minimum atomic E-state index is -0.268. The number of halogens is 3. The molecule has 0 aromatic heterocycles. The summed E-state index contributed by atoms with van der Waals surface area (Å²) in [5.41, 5.74) is 1.90. The van der Waals surface area contributed by atoms with Crippen LogP contribution >= 0.6 is 28.3 Å². The molecule has 0 saturated heterocycles. The van der Waals surface area contributed by atoms with Crippen molar-refractivity contribution in [1.82, 2.24) is 5.32 Å². The maximum Gasteiger partial charge on any atom is 0.175 e. The number of aliphatic hydroxyl groups is 1. The van der Waals surface area contributed by atoms with Crippen LogP contribution in [-0.4, -0.2) is 24.4 Å². The van der Waals surface area contributed by atoms with E-state index in [-0.39, 0.29) is 30.9 Å². The van der Waals surface area contributed by atoms with Gasteiger partial charge in [0.25, 0.3) is 0 Å². The van der Waals surface area contributed by atoms with E-state index in [2.05, 4.69) is 21.2 Å². The molecule has 7 heteroatoms. The van der Waals surface area contributed by atoms with Crippen molar-refractivity contribution in [2.24, 2.45) is 0 Å². The molecule has 0 aliphatic rings. The highest BCUT2D eigenvalue weighted by Crippen LogP contribution is 2.37. The minimum absolute atomic E-state index is 0. The average molecular weight is 463 g/mol. The van der Waals surface area contributed by atoms with Gasteiger partial charge in [0.1, 0.15) is 12.4 Å². The summed E-state index contributed by atoms with van der Waals surface area (Å²) in [7, 11) is 0. The second kappa shape index (κ2) is 12.2. The Labute approximate surface area is 174 Å². The molecule has 150 valence electrons. The second-order valence-electron chi connectivity index (χ2n) is 5.92. The molecule has 27 heavy (non-hydrogen) atoms. The second-order valence-corrected chi connectivity index (χ2v) is 6.78. The van der Waals surface area contributed by atoms with Crippen molar-refractivity contribution in [1.29, 1.82) is 0 Å². The molecule has 0 aliphatic heterocycles. The predicted octanol–water partition coefficient (Wildman–Crippen LogP) is 4.85. The molecule has 4 nitrogen and oxygen atoms in total. The Balaban J connectivity index is 0.00000364. The van der Waals surface area contributed by atoms with Crippen molar-refractivity contribution < 1.29 is 19.0 Å². The molecule has 0 spiro atoms. The van der Waals surface area contributed by atoms with Crippen LogP contribution in [0.1, 0.15) is 31.4 Å². The first-order valence-electron chi connectivity index (χ1n) is 8.74. The molecule has 1 atom stereocenters. The molecule has 1 unspecified atom stereocenters. The smallest absolute Gasteiger partial charge is 0.175 e. The molecule has 0 aliphatic carbocycles. The number of aliphatic hydroxyl groups excluding tert-OH is 1. The van der Waals surface area contributed by atoms with E-state index in [1.54, 1.807) is 12.1 Å². The van der Waals surface area contributed by atoms with Gasteiger partial charge in [-0.05, 0) is 64.7 Å². The Kier molecular flexibility index (Phi) is 10.7. The quantitative estimate of drug-likeness (QED) is 0.530. The maximum atomic E-state index is 13.0. The van der Waals surface area contributed by atoms with E-state index >= 15 is 0 Å². The van der Waals surface area contributed by atoms with E-state index < -0.39 is 0 Å². The minimum Gasteiger partial charge on any atom is -0.490 e. The number of hydrogen-bond acceptors (Lipinski definition) is 4. The molecule has 0 radical (unpaired) electrons. The van der Waals surface area contributed by atoms with Gasteiger partial charge in [-0.25, -0.2) is 4.39 Å². The Morgan fingerprint density at radius 3 is 2.41 bits per heavy atom. The van der Waals surface area contributed by atoms with E-state index in [9.17, 15) is 9.50 Å². The fourth-order valence-corrected chi connectivity index (χ4v) is 3.07. The van der Waals surface area contributed by atoms with E-state index in [0.717, 1.165) is 22.0 Å². The van der Waals surface area contributed by atoms with Crippen molar-refractivity contribution in [2.45, 2.75) is 39.5 Å². The zero-order valence-electron chi connectivity index (χ0n) is 15.5. The Morgan fingerprint density at radius 1 is 1.11 bits per heavy atom. The average Bonchev–Trinajstić information content (AvgIpc) is 2.63. The third-order valence-electron chi connectivity index (χ3n) is 3.97. The van der Waals surface area contributed by atoms with Gasteiger partial charge in [0.15, 0.2) is 11.5 Å². The molecule has 0 fully saturated rings. The summed E-state index contributed by atoms with van der Waals surface area (Å²) >= 11 is 3.55. The van der Waals surface area contributed by atoms with Crippen LogP contribution in [0.5, 0.6) is 11.5 Å². The summed E-state index contributed by atoms with van der Waals surface area (Å²) < 4.78 is 25.5. The molecular formula is C20H26BrClFNO3. The zero-order valence-corrected chi connectivity index (χ0v) is 17.9. The van der Waals surface area contributed by atoms with E-state index in [1.165, 1.54) is 12.1 Å². The predicted molar refractivity (Wildman–Crippen MR) is 111 cm³/mol. The van der Waals surface area contributed by atoms with Crippen LogP contribution in [0, 0.1) is 5.82 Å². The fourth-order valence-electron chi connectivity index (χ4n) is 2.46. The first-order valence-corrected chi connectivity index (χ1v) is 9.53. The number of nitrogens with one attached hydrogen (secondary N) is 1. The number of ether oxygens (including phenoxy) is 2. The summed E-state index contributed by atoms with van der Waals surface area (Å²) in [5.74, 6) is 1.00. The van der Waals surface area contributed by atoms with Crippen molar-refractivity contribution >= 4 is 28.3 Å². The SMILES string of the molecule is CCOc1cc(CNC(CC)CO)cc(Br)c1OCc1ccc(F)cc1.Cl. The molecule has 0 bridgehead atoms. The Bertz CT molecular complexity index is 696. The fraction of sp³-hybridized carbons (Fsp3) is 0.400. The Morgan fingerprint density at radius 2 is 1.81 bits per heavy atom. The summed E-state index contributed by atoms with van der Waals surface area (Å²) in [6.45, 7) is 5.51. The van der Waals surface area contributed by atoms with Crippen LogP contribution in [0.2, 0.25) is 0 Å². The van der Waals surface area contributed by atoms with Gasteiger partial charge in [0.2, 0.25) is 0 Å². The highest BCUT2D eigenvalue weighted by Gasteiger charge is 2.13. The zero-order chi connectivity index (χ0) is 18.9. The summed E-state index contributed by atoms with van der Waals surface area (Å²) in [6.07, 6.45) is 0.856. The van der Waals surface area contributed by atoms with Gasteiger partial charge in [-0.1, -0.05) is 19.1 Å². The van der Waals surface area contributed by atoms with E-state index in [1.807, 2.05) is 26.0 Å². The van der Waals surface area contributed by atoms with E-state index in [0.29, 0.717) is 31.3 Å². The third kappa shape index (κ3) is 7.30. The van der Waals surface area contributed by atoms with Gasteiger partial charge in [0.05, 0.1) is 17.7 Å². The molecule has 2 aromatic rings. The molecule has 2 aromatic carbocycles. The standard InChI is InChI=1S/C20H25BrFNO3.ClH/c1-3-17(12-24)23-11-15-9-18(21)20(19(10-15)25-4-2)26-13-14-5-7-16(22)8-6-14;/h5-10,17,23-24H,3-4,11-13H2,1-2H3;1H. The van der Waals surface area contributed by atoms with Crippen LogP contribution in [-0.2, 0) is 13.2 Å². The van der Waals surface area contributed by atoms with Gasteiger partial charge >= 0.3 is 0 Å². The van der Waals surface area contributed by atoms with Gasteiger partial charge in [-0.15, -0.1) is 12.4 Å². The number of hydrogen-bond donors (Lipinski definition) is 2. The molecule has 0 saturated carbocycles. The summed E-state index contributed by atoms with van der Waals surface area (Å²) in [5, 5.41) is 12.6. The van der Waals surface area contributed by atoms with Gasteiger partial charge < -0.3 is 19.9 Å². The first kappa shape index (κ1) is 23.7. The van der Waals surface area contributed by atoms with Gasteiger partial charge in [0, 0.05) is 12.6 Å². The van der Waals surface area contributed by atoms with Crippen molar-refractivity contribution in [3.63, 3.8) is 0 Å². The lowest BCUT2D eigenvalue weighted by atomic mass is 10.1. The number of benzene rings is 2. The molecular weight excluding hydrogens is 437 g/mol. The largest absolute Gasteiger partial charge is 0.490 e. The van der Waals surface area contributed by atoms with Crippen molar-refractivity contribution in [3.05, 3.63) is 57.8 Å². The molecule has 2 N–H and O–H groups in total. The normalized spacial score (nSPS) is 11.6. The highest BCUT2D eigenvalue weighted by molar-refractivity contribution is 9.10. The molecule has 0 heterocycles. The molecule has 0 amide bonds. The van der Waals surface area contributed by atoms with Crippen LogP contribution < -0.4 is 14.8 Å². The van der Waals surface area contributed by atoms with Crippen LogP contribution in [0.15, 0.2) is 40.9 Å². The summed E-state index contributed by atoms with van der Waals surface area (Å²) in [4.78, 5) is 0. The summed E-state index contributed by atoms with van der Waals surface area (Å²) in [6, 6.07) is 10.2. The van der Waals surface area contributed by atoms with Crippen LogP contribution in [0.3, 0.4) is 0 Å². The number of rotatable bonds is 10. The highest BCUT2D eigenvalue weighted by atomic mass is 79.9.